The van der Waals surface area contributed by atoms with Crippen LogP contribution in [0.4, 0.5) is 4.39 Å². The van der Waals surface area contributed by atoms with E-state index in [1.54, 1.807) is 13.8 Å². The molecular formula is C17H23FN4O5S. The van der Waals surface area contributed by atoms with E-state index in [1.165, 1.54) is 16.4 Å². The number of nitrogens with zero attached hydrogens (tertiary/aromatic N) is 1. The number of hydrogen-bond acceptors (Lipinski definition) is 5. The summed E-state index contributed by atoms with van der Waals surface area (Å²) in [5, 5.41) is 2.39. The van der Waals surface area contributed by atoms with Gasteiger partial charge >= 0.3 is 11.8 Å². The van der Waals surface area contributed by atoms with Crippen LogP contribution in [0, 0.1) is 11.7 Å². The molecule has 0 aliphatic carbocycles. The summed E-state index contributed by atoms with van der Waals surface area (Å²) in [6.07, 6.45) is 0.501. The zero-order chi connectivity index (χ0) is 20.9. The van der Waals surface area contributed by atoms with Gasteiger partial charge in [-0.1, -0.05) is 0 Å². The van der Waals surface area contributed by atoms with Gasteiger partial charge in [0.25, 0.3) is 0 Å². The van der Waals surface area contributed by atoms with E-state index >= 15 is 0 Å². The zero-order valence-corrected chi connectivity index (χ0v) is 16.4. The van der Waals surface area contributed by atoms with Crippen molar-refractivity contribution in [2.45, 2.75) is 37.6 Å². The molecule has 3 amide bonds. The van der Waals surface area contributed by atoms with E-state index in [1.807, 2.05) is 5.43 Å². The number of hydrazine groups is 1. The molecule has 3 N–H and O–H groups in total. The molecule has 0 spiro atoms. The summed E-state index contributed by atoms with van der Waals surface area (Å²) in [6, 6.07) is 4.32. The van der Waals surface area contributed by atoms with Gasteiger partial charge in [-0.25, -0.2) is 12.8 Å². The van der Waals surface area contributed by atoms with Gasteiger partial charge in [-0.15, -0.1) is 0 Å². The first kappa shape index (κ1) is 21.8. The molecule has 1 aromatic rings. The summed E-state index contributed by atoms with van der Waals surface area (Å²) in [5.41, 5.74) is 4.23. The van der Waals surface area contributed by atoms with Crippen LogP contribution in [0.3, 0.4) is 0 Å². The van der Waals surface area contributed by atoms with Crippen LogP contribution in [0.5, 0.6) is 0 Å². The van der Waals surface area contributed by atoms with Crippen LogP contribution in [-0.4, -0.2) is 49.6 Å². The van der Waals surface area contributed by atoms with E-state index in [-0.39, 0.29) is 36.9 Å². The van der Waals surface area contributed by atoms with E-state index in [2.05, 4.69) is 10.7 Å². The maximum absolute atomic E-state index is 13.0. The highest BCUT2D eigenvalue weighted by Crippen LogP contribution is 2.24. The van der Waals surface area contributed by atoms with Crippen molar-refractivity contribution in [2.75, 3.05) is 13.1 Å². The molecule has 2 rings (SSSR count). The Labute approximate surface area is 162 Å². The molecule has 0 saturated carbocycles. The number of sulfonamides is 1. The van der Waals surface area contributed by atoms with Crippen LogP contribution in [0.25, 0.3) is 0 Å². The summed E-state index contributed by atoms with van der Waals surface area (Å²) >= 11 is 0. The molecule has 1 saturated heterocycles. The van der Waals surface area contributed by atoms with E-state index in [9.17, 15) is 27.2 Å². The second-order valence-corrected chi connectivity index (χ2v) is 8.64. The smallest absolute Gasteiger partial charge is 0.327 e. The Morgan fingerprint density at radius 2 is 1.61 bits per heavy atom. The van der Waals surface area contributed by atoms with Crippen molar-refractivity contribution in [3.05, 3.63) is 30.1 Å². The number of hydrogen-bond donors (Lipinski definition) is 3. The van der Waals surface area contributed by atoms with Gasteiger partial charge in [-0.2, -0.15) is 4.31 Å². The van der Waals surface area contributed by atoms with Gasteiger partial charge in [-0.3, -0.25) is 25.2 Å². The quantitative estimate of drug-likeness (QED) is 0.469. The molecule has 11 heteroatoms. The molecule has 1 heterocycles. The van der Waals surface area contributed by atoms with Crippen molar-refractivity contribution >= 4 is 27.7 Å². The number of rotatable bonds is 4. The minimum absolute atomic E-state index is 0.0137. The maximum Gasteiger partial charge on any atom is 0.327 e. The second kappa shape index (κ2) is 9.11. The summed E-state index contributed by atoms with van der Waals surface area (Å²) in [7, 11) is -3.76. The van der Waals surface area contributed by atoms with E-state index in [0.717, 1.165) is 12.1 Å². The summed E-state index contributed by atoms with van der Waals surface area (Å²) in [4.78, 5) is 35.2. The van der Waals surface area contributed by atoms with Gasteiger partial charge in [-0.05, 0) is 51.0 Å². The molecular weight excluding hydrogens is 391 g/mol. The van der Waals surface area contributed by atoms with Gasteiger partial charge < -0.3 is 5.32 Å². The lowest BCUT2D eigenvalue weighted by atomic mass is 9.98. The van der Waals surface area contributed by atoms with Gasteiger partial charge in [0.1, 0.15) is 5.82 Å². The Bertz CT molecular complexity index is 834. The van der Waals surface area contributed by atoms with Crippen molar-refractivity contribution < 1.29 is 27.2 Å². The fourth-order valence-electron chi connectivity index (χ4n) is 2.72. The molecule has 28 heavy (non-hydrogen) atoms. The Morgan fingerprint density at radius 3 is 2.14 bits per heavy atom. The van der Waals surface area contributed by atoms with Crippen LogP contribution in [0.1, 0.15) is 26.7 Å². The van der Waals surface area contributed by atoms with Crippen LogP contribution in [0.15, 0.2) is 29.2 Å². The first-order chi connectivity index (χ1) is 13.1. The van der Waals surface area contributed by atoms with Crippen molar-refractivity contribution in [3.8, 4) is 0 Å². The van der Waals surface area contributed by atoms with Crippen LogP contribution < -0.4 is 16.2 Å². The number of benzene rings is 1. The van der Waals surface area contributed by atoms with Gasteiger partial charge in [0.15, 0.2) is 0 Å². The van der Waals surface area contributed by atoms with Crippen LogP contribution in [0.2, 0.25) is 0 Å². The standard InChI is InChI=1S/C17H23FN4O5S/c1-11(2)19-16(24)17(25)21-20-15(23)12-7-9-22(10-8-12)28(26,27)14-5-3-13(18)4-6-14/h3-6,11-12H,7-10H2,1-2H3,(H,19,24)(H,20,23)(H,21,25). The number of piperidine rings is 1. The van der Waals surface area contributed by atoms with Crippen molar-refractivity contribution in [1.82, 2.24) is 20.5 Å². The van der Waals surface area contributed by atoms with E-state index < -0.39 is 39.5 Å². The van der Waals surface area contributed by atoms with Crippen molar-refractivity contribution in [1.29, 1.82) is 0 Å². The fourth-order valence-corrected chi connectivity index (χ4v) is 4.19. The third-order valence-corrected chi connectivity index (χ3v) is 6.11. The molecule has 0 radical (unpaired) electrons. The lowest BCUT2D eigenvalue weighted by Crippen LogP contribution is -2.52. The number of amides is 3. The first-order valence-electron chi connectivity index (χ1n) is 8.77. The maximum atomic E-state index is 13.0. The summed E-state index contributed by atoms with van der Waals surface area (Å²) < 4.78 is 39.3. The van der Waals surface area contributed by atoms with Gasteiger partial charge in [0, 0.05) is 25.0 Å². The van der Waals surface area contributed by atoms with Crippen molar-refractivity contribution in [3.63, 3.8) is 0 Å². The third kappa shape index (κ3) is 5.49. The van der Waals surface area contributed by atoms with E-state index in [0.29, 0.717) is 0 Å². The third-order valence-electron chi connectivity index (χ3n) is 4.20. The topological polar surface area (TPSA) is 125 Å². The summed E-state index contributed by atoms with van der Waals surface area (Å²) in [5.74, 6) is -3.38. The molecule has 0 aromatic heterocycles. The predicted octanol–water partition coefficient (Wildman–Crippen LogP) is -0.102. The molecule has 1 aliphatic rings. The number of carbonyl (C=O) groups excluding carboxylic acids is 3. The number of nitrogens with one attached hydrogen (secondary N) is 3. The molecule has 1 aliphatic heterocycles. The second-order valence-electron chi connectivity index (χ2n) is 6.70. The molecule has 9 nitrogen and oxygen atoms in total. The number of carbonyl (C=O) groups is 3. The lowest BCUT2D eigenvalue weighted by Gasteiger charge is -2.30. The number of halogens is 1. The zero-order valence-electron chi connectivity index (χ0n) is 15.6. The summed E-state index contributed by atoms with van der Waals surface area (Å²) in [6.45, 7) is 3.61. The molecule has 1 aromatic carbocycles. The Morgan fingerprint density at radius 1 is 1.04 bits per heavy atom. The molecule has 1 fully saturated rings. The largest absolute Gasteiger partial charge is 0.346 e. The van der Waals surface area contributed by atoms with Crippen molar-refractivity contribution in [2.24, 2.45) is 5.92 Å². The monoisotopic (exact) mass is 414 g/mol. The predicted molar refractivity (Wildman–Crippen MR) is 97.4 cm³/mol. The minimum Gasteiger partial charge on any atom is -0.346 e. The Hall–Kier alpha value is -2.53. The molecule has 0 unspecified atom stereocenters. The van der Waals surface area contributed by atoms with Crippen LogP contribution >= 0.6 is 0 Å². The highest BCUT2D eigenvalue weighted by atomic mass is 32.2. The fraction of sp³-hybridized carbons (Fsp3) is 0.471. The molecule has 0 bridgehead atoms. The van der Waals surface area contributed by atoms with E-state index in [4.69, 9.17) is 0 Å². The first-order valence-corrected chi connectivity index (χ1v) is 10.2. The highest BCUT2D eigenvalue weighted by molar-refractivity contribution is 7.89. The highest BCUT2D eigenvalue weighted by Gasteiger charge is 2.32. The Kier molecular flexibility index (Phi) is 7.08. The van der Waals surface area contributed by atoms with Gasteiger partial charge in [0.05, 0.1) is 4.90 Å². The molecule has 0 atom stereocenters. The Balaban J connectivity index is 1.86. The SMILES string of the molecule is CC(C)NC(=O)C(=O)NNC(=O)C1CCN(S(=O)(=O)c2ccc(F)cc2)CC1. The minimum atomic E-state index is -3.76. The normalized spacial score (nSPS) is 15.9. The van der Waals surface area contributed by atoms with Gasteiger partial charge in [0.2, 0.25) is 15.9 Å². The van der Waals surface area contributed by atoms with Crippen LogP contribution in [-0.2, 0) is 24.4 Å². The molecule has 154 valence electrons. The average Bonchev–Trinajstić information content (AvgIpc) is 2.65. The average molecular weight is 414 g/mol. The lowest BCUT2D eigenvalue weighted by molar-refractivity contribution is -0.141.